The fraction of sp³-hybridized carbons (Fsp3) is 0.391. The molecule has 3 rings (SSSR count). The number of carbonyl (C=O) groups excluding carboxylic acids is 2. The third-order valence-corrected chi connectivity index (χ3v) is 5.68. The Kier molecular flexibility index (Phi) is 5.53. The number of β-lactam (4-membered cyclic amide) rings is 1. The van der Waals surface area contributed by atoms with Crippen molar-refractivity contribution in [2.45, 2.75) is 53.1 Å². The van der Waals surface area contributed by atoms with Crippen LogP contribution in [0.4, 0.5) is 5.69 Å². The first-order chi connectivity index (χ1) is 13.1. The number of carbonyl (C=O) groups is 2. The molecule has 1 aliphatic heterocycles. The molecule has 0 spiro atoms. The summed E-state index contributed by atoms with van der Waals surface area (Å²) in [5, 5.41) is 3.66. The van der Waals surface area contributed by atoms with Gasteiger partial charge in [-0.05, 0) is 48.1 Å². The second-order valence-corrected chi connectivity index (χ2v) is 9.03. The predicted octanol–water partition coefficient (Wildman–Crippen LogP) is 5.28. The Morgan fingerprint density at radius 1 is 1.11 bits per heavy atom. The van der Waals surface area contributed by atoms with Gasteiger partial charge in [0.2, 0.25) is 5.91 Å². The molecule has 0 bridgehead atoms. The van der Waals surface area contributed by atoms with Crippen LogP contribution in [0, 0.1) is 19.3 Å². The minimum absolute atomic E-state index is 0.00321. The summed E-state index contributed by atoms with van der Waals surface area (Å²) >= 11 is 6.04. The van der Waals surface area contributed by atoms with Crippen molar-refractivity contribution in [2.24, 2.45) is 5.41 Å². The topological polar surface area (TPSA) is 49.4 Å². The summed E-state index contributed by atoms with van der Waals surface area (Å²) in [4.78, 5) is 27.7. The number of anilines is 1. The van der Waals surface area contributed by atoms with E-state index in [1.165, 1.54) is 0 Å². The molecule has 0 aliphatic carbocycles. The maximum absolute atomic E-state index is 13.4. The first kappa shape index (κ1) is 20.4. The zero-order chi connectivity index (χ0) is 20.6. The maximum Gasteiger partial charge on any atom is 0.251 e. The van der Waals surface area contributed by atoms with E-state index < -0.39 is 6.04 Å². The predicted molar refractivity (Wildman–Crippen MR) is 113 cm³/mol. The number of rotatable bonds is 4. The second-order valence-electron chi connectivity index (χ2n) is 8.60. The lowest BCUT2D eigenvalue weighted by Crippen LogP contribution is -2.61. The molecule has 148 valence electrons. The van der Waals surface area contributed by atoms with Gasteiger partial charge in [0.1, 0.15) is 6.04 Å². The van der Waals surface area contributed by atoms with Gasteiger partial charge in [0.15, 0.2) is 0 Å². The molecule has 1 aliphatic rings. The van der Waals surface area contributed by atoms with Crippen LogP contribution in [0.1, 0.15) is 49.9 Å². The van der Waals surface area contributed by atoms with Gasteiger partial charge < -0.3 is 10.2 Å². The average Bonchev–Trinajstić information content (AvgIpc) is 2.60. The van der Waals surface area contributed by atoms with Gasteiger partial charge in [-0.2, -0.15) is 0 Å². The molecule has 0 aromatic heterocycles. The lowest BCUT2D eigenvalue weighted by atomic mass is 9.77. The molecule has 4 nitrogen and oxygen atoms in total. The van der Waals surface area contributed by atoms with E-state index in [0.29, 0.717) is 11.4 Å². The summed E-state index contributed by atoms with van der Waals surface area (Å²) in [6, 6.07) is 12.4. The lowest BCUT2D eigenvalue weighted by molar-refractivity contribution is -0.160. The van der Waals surface area contributed by atoms with Crippen LogP contribution < -0.4 is 5.32 Å². The number of likely N-dealkylation sites (tertiary alicyclic amines) is 1. The van der Waals surface area contributed by atoms with Crippen molar-refractivity contribution in [3.8, 4) is 0 Å². The smallest absolute Gasteiger partial charge is 0.251 e. The van der Waals surface area contributed by atoms with Crippen LogP contribution in [0.2, 0.25) is 5.02 Å². The van der Waals surface area contributed by atoms with Crippen LogP contribution in [0.15, 0.2) is 42.5 Å². The highest BCUT2D eigenvalue weighted by molar-refractivity contribution is 6.30. The Bertz CT molecular complexity index is 880. The molecule has 2 unspecified atom stereocenters. The molecular weight excluding hydrogens is 372 g/mol. The average molecular weight is 399 g/mol. The highest BCUT2D eigenvalue weighted by Gasteiger charge is 2.49. The minimum Gasteiger partial charge on any atom is -0.323 e. The molecule has 28 heavy (non-hydrogen) atoms. The highest BCUT2D eigenvalue weighted by atomic mass is 35.5. The van der Waals surface area contributed by atoms with Crippen LogP contribution in [-0.2, 0) is 9.59 Å². The summed E-state index contributed by atoms with van der Waals surface area (Å²) in [5.74, 6) is -0.210. The van der Waals surface area contributed by atoms with Crippen molar-refractivity contribution >= 4 is 29.1 Å². The molecule has 0 radical (unpaired) electrons. The minimum atomic E-state index is -0.693. The van der Waals surface area contributed by atoms with Crippen LogP contribution in [0.25, 0.3) is 0 Å². The Labute approximate surface area is 171 Å². The van der Waals surface area contributed by atoms with E-state index >= 15 is 0 Å². The molecule has 2 amide bonds. The number of nitrogens with zero attached hydrogens (tertiary/aromatic N) is 1. The van der Waals surface area contributed by atoms with Gasteiger partial charge in [-0.3, -0.25) is 9.59 Å². The summed E-state index contributed by atoms with van der Waals surface area (Å²) in [5.41, 5.74) is 3.43. The van der Waals surface area contributed by atoms with E-state index in [2.05, 4.69) is 26.1 Å². The zero-order valence-electron chi connectivity index (χ0n) is 17.0. The number of amides is 2. The fourth-order valence-corrected chi connectivity index (χ4v) is 3.89. The SMILES string of the molecule is Cc1cccc(C)c1NC(=O)C(c1ccc(Cl)cc1)N1C(=O)CC1C(C)(C)C. The molecule has 2 aromatic rings. The monoisotopic (exact) mass is 398 g/mol. The van der Waals surface area contributed by atoms with Crippen molar-refractivity contribution in [3.63, 3.8) is 0 Å². The molecule has 1 saturated heterocycles. The second kappa shape index (κ2) is 7.59. The molecule has 1 N–H and O–H groups in total. The van der Waals surface area contributed by atoms with Crippen molar-refractivity contribution in [1.82, 2.24) is 4.90 Å². The van der Waals surface area contributed by atoms with E-state index in [4.69, 9.17) is 11.6 Å². The van der Waals surface area contributed by atoms with Gasteiger partial charge in [0.25, 0.3) is 5.91 Å². The van der Waals surface area contributed by atoms with E-state index in [1.54, 1.807) is 17.0 Å². The van der Waals surface area contributed by atoms with E-state index in [1.807, 2.05) is 44.2 Å². The van der Waals surface area contributed by atoms with Gasteiger partial charge in [-0.25, -0.2) is 0 Å². The third-order valence-electron chi connectivity index (χ3n) is 5.43. The van der Waals surface area contributed by atoms with Crippen molar-refractivity contribution < 1.29 is 9.59 Å². The van der Waals surface area contributed by atoms with Crippen LogP contribution >= 0.6 is 11.6 Å². The van der Waals surface area contributed by atoms with Crippen LogP contribution in [0.3, 0.4) is 0 Å². The summed E-state index contributed by atoms with van der Waals surface area (Å²) in [7, 11) is 0. The Hall–Kier alpha value is -2.33. The number of benzene rings is 2. The van der Waals surface area contributed by atoms with E-state index in [-0.39, 0.29) is 23.3 Å². The molecule has 2 atom stereocenters. The number of aryl methyl sites for hydroxylation is 2. The standard InChI is InChI=1S/C23H27ClN2O2/c1-14-7-6-8-15(2)20(14)25-22(28)21(16-9-11-17(24)12-10-16)26-18(13-19(26)27)23(3,4)5/h6-12,18,21H,13H2,1-5H3,(H,25,28). The fourth-order valence-electron chi connectivity index (χ4n) is 3.76. The third kappa shape index (κ3) is 3.93. The largest absolute Gasteiger partial charge is 0.323 e. The quantitative estimate of drug-likeness (QED) is 0.712. The molecule has 5 heteroatoms. The molecule has 1 heterocycles. The Morgan fingerprint density at radius 2 is 1.68 bits per heavy atom. The summed E-state index contributed by atoms with van der Waals surface area (Å²) in [6.45, 7) is 10.2. The molecule has 0 saturated carbocycles. The van der Waals surface area contributed by atoms with E-state index in [0.717, 1.165) is 22.4 Å². The first-order valence-corrected chi connectivity index (χ1v) is 9.91. The normalized spacial score (nSPS) is 17.9. The number of halogens is 1. The van der Waals surface area contributed by atoms with E-state index in [9.17, 15) is 9.59 Å². The van der Waals surface area contributed by atoms with Crippen LogP contribution in [0.5, 0.6) is 0 Å². The first-order valence-electron chi connectivity index (χ1n) is 9.53. The van der Waals surface area contributed by atoms with Crippen molar-refractivity contribution in [2.75, 3.05) is 5.32 Å². The molecule has 2 aromatic carbocycles. The zero-order valence-corrected chi connectivity index (χ0v) is 17.8. The summed E-state index contributed by atoms with van der Waals surface area (Å²) in [6.07, 6.45) is 0.463. The number of nitrogens with one attached hydrogen (secondary N) is 1. The van der Waals surface area contributed by atoms with Gasteiger partial charge in [0, 0.05) is 23.2 Å². The maximum atomic E-state index is 13.4. The van der Waals surface area contributed by atoms with Crippen LogP contribution in [-0.4, -0.2) is 22.8 Å². The van der Waals surface area contributed by atoms with Crippen molar-refractivity contribution in [1.29, 1.82) is 0 Å². The number of hydrogen-bond acceptors (Lipinski definition) is 2. The summed E-state index contributed by atoms with van der Waals surface area (Å²) < 4.78 is 0. The molecular formula is C23H27ClN2O2. The number of para-hydroxylation sites is 1. The Morgan fingerprint density at radius 3 is 2.18 bits per heavy atom. The molecule has 1 fully saturated rings. The Balaban J connectivity index is 2.00. The van der Waals surface area contributed by atoms with Gasteiger partial charge in [0.05, 0.1) is 0 Å². The van der Waals surface area contributed by atoms with Gasteiger partial charge >= 0.3 is 0 Å². The van der Waals surface area contributed by atoms with Gasteiger partial charge in [-0.15, -0.1) is 0 Å². The number of hydrogen-bond donors (Lipinski definition) is 1. The lowest BCUT2D eigenvalue weighted by Gasteiger charge is -2.51. The van der Waals surface area contributed by atoms with Crippen molar-refractivity contribution in [3.05, 3.63) is 64.2 Å². The van der Waals surface area contributed by atoms with Gasteiger partial charge in [-0.1, -0.05) is 62.7 Å². The highest BCUT2D eigenvalue weighted by Crippen LogP contribution is 2.41.